The van der Waals surface area contributed by atoms with Gasteiger partial charge in [-0.1, -0.05) is 5.92 Å². The Labute approximate surface area is 83.0 Å². The highest BCUT2D eigenvalue weighted by Gasteiger charge is 2.13. The number of carbonyl (C=O) groups is 2. The molecule has 0 radical (unpaired) electrons. The highest BCUT2D eigenvalue weighted by atomic mass is 16.4. The third kappa shape index (κ3) is 3.31. The van der Waals surface area contributed by atoms with E-state index in [1.54, 1.807) is 6.92 Å². The molecule has 76 valence electrons. The van der Waals surface area contributed by atoms with Crippen LogP contribution in [0.1, 0.15) is 20.8 Å². The number of aliphatic carboxylic acids is 1. The zero-order chi connectivity index (χ0) is 11.3. The zero-order valence-electron chi connectivity index (χ0n) is 8.42. The first-order valence-corrected chi connectivity index (χ1v) is 4.08. The highest BCUT2D eigenvalue weighted by Crippen LogP contribution is 2.03. The summed E-state index contributed by atoms with van der Waals surface area (Å²) in [5.41, 5.74) is 0.186. The topological polar surface area (TPSA) is 66.4 Å². The first-order chi connectivity index (χ1) is 6.40. The van der Waals surface area contributed by atoms with Gasteiger partial charge in [-0.2, -0.15) is 0 Å². The van der Waals surface area contributed by atoms with Crippen molar-refractivity contribution in [3.8, 4) is 12.3 Å². The normalized spacial score (nSPS) is 13.6. The van der Waals surface area contributed by atoms with Crippen LogP contribution in [0.25, 0.3) is 0 Å². The summed E-state index contributed by atoms with van der Waals surface area (Å²) >= 11 is 0. The van der Waals surface area contributed by atoms with Crippen molar-refractivity contribution in [3.05, 3.63) is 11.1 Å². The summed E-state index contributed by atoms with van der Waals surface area (Å²) in [6.07, 6.45) is 5.06. The van der Waals surface area contributed by atoms with Gasteiger partial charge in [-0.3, -0.25) is 4.79 Å². The molecule has 0 aliphatic carbocycles. The molecule has 0 heterocycles. The largest absolute Gasteiger partial charge is 0.478 e. The summed E-state index contributed by atoms with van der Waals surface area (Å²) in [4.78, 5) is 21.9. The van der Waals surface area contributed by atoms with Gasteiger partial charge >= 0.3 is 5.97 Å². The van der Waals surface area contributed by atoms with E-state index in [-0.39, 0.29) is 11.1 Å². The second kappa shape index (κ2) is 5.07. The number of terminal acetylenes is 1. The molecule has 14 heavy (non-hydrogen) atoms. The van der Waals surface area contributed by atoms with Crippen LogP contribution < -0.4 is 5.32 Å². The molecule has 0 aromatic heterocycles. The van der Waals surface area contributed by atoms with Gasteiger partial charge < -0.3 is 10.4 Å². The molecule has 0 saturated carbocycles. The maximum Gasteiger partial charge on any atom is 0.331 e. The molecular formula is C10H13NO3. The van der Waals surface area contributed by atoms with Gasteiger partial charge in [-0.05, 0) is 20.8 Å². The van der Waals surface area contributed by atoms with Gasteiger partial charge in [-0.15, -0.1) is 6.42 Å². The van der Waals surface area contributed by atoms with E-state index >= 15 is 0 Å². The molecule has 0 aromatic carbocycles. The number of amides is 1. The van der Waals surface area contributed by atoms with Gasteiger partial charge in [0.2, 0.25) is 5.91 Å². The average molecular weight is 195 g/mol. The lowest BCUT2D eigenvalue weighted by molar-refractivity contribution is -0.133. The molecule has 1 amide bonds. The molecule has 2 N–H and O–H groups in total. The lowest BCUT2D eigenvalue weighted by atomic mass is 10.1. The minimum Gasteiger partial charge on any atom is -0.478 e. The fraction of sp³-hybridized carbons (Fsp3) is 0.400. The molecular weight excluding hydrogens is 182 g/mol. The number of rotatable bonds is 3. The molecule has 0 rings (SSSR count). The molecule has 4 heteroatoms. The summed E-state index contributed by atoms with van der Waals surface area (Å²) in [5.74, 6) is 0.763. The Kier molecular flexibility index (Phi) is 4.44. The molecule has 1 unspecified atom stereocenters. The van der Waals surface area contributed by atoms with Crippen molar-refractivity contribution in [2.75, 3.05) is 0 Å². The van der Waals surface area contributed by atoms with Crippen LogP contribution in [0.4, 0.5) is 0 Å². The predicted octanol–water partition coefficient (Wildman–Crippen LogP) is 0.545. The fourth-order valence-corrected chi connectivity index (χ4v) is 0.677. The van der Waals surface area contributed by atoms with Crippen LogP contribution in [0, 0.1) is 12.3 Å². The van der Waals surface area contributed by atoms with Crippen molar-refractivity contribution in [1.29, 1.82) is 0 Å². The van der Waals surface area contributed by atoms with Crippen molar-refractivity contribution >= 4 is 11.9 Å². The van der Waals surface area contributed by atoms with Crippen molar-refractivity contribution in [2.24, 2.45) is 0 Å². The predicted molar refractivity (Wildman–Crippen MR) is 52.4 cm³/mol. The average Bonchev–Trinajstić information content (AvgIpc) is 2.14. The lowest BCUT2D eigenvalue weighted by Gasteiger charge is -2.08. The van der Waals surface area contributed by atoms with E-state index in [2.05, 4.69) is 11.2 Å². The van der Waals surface area contributed by atoms with E-state index in [1.807, 2.05) is 0 Å². The van der Waals surface area contributed by atoms with Crippen LogP contribution >= 0.6 is 0 Å². The molecule has 4 nitrogen and oxygen atoms in total. The van der Waals surface area contributed by atoms with Crippen molar-refractivity contribution in [3.63, 3.8) is 0 Å². The smallest absolute Gasteiger partial charge is 0.331 e. The molecule has 1 atom stereocenters. The number of carboxylic acid groups (broad SMARTS) is 1. The Hall–Kier alpha value is -1.76. The molecule has 0 saturated heterocycles. The van der Waals surface area contributed by atoms with Gasteiger partial charge in [0.15, 0.2) is 0 Å². The standard InChI is InChI=1S/C10H13NO3/c1-5-6(2)11-9(12)7(3)8(4)10(13)14/h1,6H,2-4H3,(H,11,12)(H,13,14). The van der Waals surface area contributed by atoms with Gasteiger partial charge in [0, 0.05) is 11.1 Å². The zero-order valence-corrected chi connectivity index (χ0v) is 8.42. The van der Waals surface area contributed by atoms with Crippen molar-refractivity contribution in [2.45, 2.75) is 26.8 Å². The Balaban J connectivity index is 4.65. The van der Waals surface area contributed by atoms with Crippen LogP contribution in [0.3, 0.4) is 0 Å². The van der Waals surface area contributed by atoms with Crippen LogP contribution in [-0.2, 0) is 9.59 Å². The van der Waals surface area contributed by atoms with Gasteiger partial charge in [0.1, 0.15) is 0 Å². The summed E-state index contributed by atoms with van der Waals surface area (Å²) in [6.45, 7) is 4.46. The van der Waals surface area contributed by atoms with E-state index in [1.165, 1.54) is 13.8 Å². The summed E-state index contributed by atoms with van der Waals surface area (Å²) in [6, 6.07) is -0.404. The fourth-order valence-electron chi connectivity index (χ4n) is 0.677. The van der Waals surface area contributed by atoms with E-state index in [0.717, 1.165) is 0 Å². The Morgan fingerprint density at radius 2 is 1.86 bits per heavy atom. The maximum absolute atomic E-state index is 11.3. The number of carboxylic acids is 1. The molecule has 0 aliphatic rings. The minimum absolute atomic E-state index is 0.0201. The third-order valence-electron chi connectivity index (χ3n) is 1.82. The van der Waals surface area contributed by atoms with Gasteiger partial charge in [0.05, 0.1) is 6.04 Å². The number of hydrogen-bond acceptors (Lipinski definition) is 2. The van der Waals surface area contributed by atoms with Crippen LogP contribution in [-0.4, -0.2) is 23.0 Å². The van der Waals surface area contributed by atoms with Crippen LogP contribution in [0.5, 0.6) is 0 Å². The van der Waals surface area contributed by atoms with Crippen molar-refractivity contribution in [1.82, 2.24) is 5.32 Å². The number of carbonyl (C=O) groups excluding carboxylic acids is 1. The Morgan fingerprint density at radius 3 is 2.21 bits per heavy atom. The number of nitrogens with one attached hydrogen (secondary N) is 1. The van der Waals surface area contributed by atoms with E-state index < -0.39 is 17.9 Å². The lowest BCUT2D eigenvalue weighted by Crippen LogP contribution is -2.32. The molecule has 0 bridgehead atoms. The maximum atomic E-state index is 11.3. The van der Waals surface area contributed by atoms with E-state index in [0.29, 0.717) is 0 Å². The summed E-state index contributed by atoms with van der Waals surface area (Å²) in [7, 11) is 0. The second-order valence-corrected chi connectivity index (χ2v) is 2.92. The van der Waals surface area contributed by atoms with Crippen molar-refractivity contribution < 1.29 is 14.7 Å². The van der Waals surface area contributed by atoms with E-state index in [4.69, 9.17) is 11.5 Å². The quantitative estimate of drug-likeness (QED) is 0.510. The summed E-state index contributed by atoms with van der Waals surface area (Å²) < 4.78 is 0. The first kappa shape index (κ1) is 12.2. The minimum atomic E-state index is -1.11. The van der Waals surface area contributed by atoms with Crippen LogP contribution in [0.15, 0.2) is 11.1 Å². The molecule has 0 aliphatic heterocycles. The molecule has 0 spiro atoms. The second-order valence-electron chi connectivity index (χ2n) is 2.92. The highest BCUT2D eigenvalue weighted by molar-refractivity contribution is 6.01. The molecule has 0 aromatic rings. The summed E-state index contributed by atoms with van der Waals surface area (Å²) in [5, 5.41) is 11.1. The van der Waals surface area contributed by atoms with E-state index in [9.17, 15) is 9.59 Å². The Bertz CT molecular complexity index is 323. The Morgan fingerprint density at radius 1 is 1.36 bits per heavy atom. The monoisotopic (exact) mass is 195 g/mol. The SMILES string of the molecule is C#CC(C)NC(=O)C(C)=C(C)C(=O)O. The first-order valence-electron chi connectivity index (χ1n) is 4.08. The molecule has 0 fully saturated rings. The van der Waals surface area contributed by atoms with Crippen LogP contribution in [0.2, 0.25) is 0 Å². The van der Waals surface area contributed by atoms with Gasteiger partial charge in [0.25, 0.3) is 0 Å². The third-order valence-corrected chi connectivity index (χ3v) is 1.82. The van der Waals surface area contributed by atoms with Gasteiger partial charge in [-0.25, -0.2) is 4.79 Å². The number of hydrogen-bond donors (Lipinski definition) is 2.